The highest BCUT2D eigenvalue weighted by atomic mass is 16.5. The van der Waals surface area contributed by atoms with E-state index in [1.54, 1.807) is 42.5 Å². The first kappa shape index (κ1) is 23.0. The van der Waals surface area contributed by atoms with Gasteiger partial charge in [-0.3, -0.25) is 9.59 Å². The van der Waals surface area contributed by atoms with Crippen molar-refractivity contribution in [2.75, 3.05) is 13.7 Å². The third-order valence-corrected chi connectivity index (χ3v) is 5.93. The van der Waals surface area contributed by atoms with Crippen molar-refractivity contribution in [1.29, 1.82) is 0 Å². The van der Waals surface area contributed by atoms with E-state index in [1.165, 1.54) is 25.3 Å². The summed E-state index contributed by atoms with van der Waals surface area (Å²) in [6.07, 6.45) is 1.45. The Balaban J connectivity index is 1.57. The quantitative estimate of drug-likeness (QED) is 0.301. The zero-order chi connectivity index (χ0) is 25.4. The number of carbonyl (C=O) groups is 3. The number of allylic oxidation sites excluding steroid dienone is 1. The number of methoxy groups -OCH3 is 1. The molecule has 0 bridgehead atoms. The second kappa shape index (κ2) is 9.10. The van der Waals surface area contributed by atoms with Gasteiger partial charge >= 0.3 is 11.9 Å². The molecule has 3 aromatic rings. The monoisotopic (exact) mass is 488 g/mol. The summed E-state index contributed by atoms with van der Waals surface area (Å²) in [5, 5.41) is 19.1. The van der Waals surface area contributed by atoms with Gasteiger partial charge in [0.25, 0.3) is 0 Å². The molecule has 1 atom stereocenters. The highest BCUT2D eigenvalue weighted by molar-refractivity contribution is 6.15. The van der Waals surface area contributed by atoms with Crippen molar-refractivity contribution in [3.63, 3.8) is 0 Å². The summed E-state index contributed by atoms with van der Waals surface area (Å²) < 4.78 is 22.0. The molecule has 0 amide bonds. The molecule has 182 valence electrons. The molecule has 0 aromatic heterocycles. The second-order valence-electron chi connectivity index (χ2n) is 8.18. The molecule has 2 N–H and O–H groups in total. The fraction of sp³-hybridized carbons (Fsp3) is 0.148. The summed E-state index contributed by atoms with van der Waals surface area (Å²) in [5.74, 6) is -1.53. The van der Waals surface area contributed by atoms with Crippen LogP contribution in [0.25, 0.3) is 6.08 Å². The van der Waals surface area contributed by atoms with Crippen LogP contribution in [-0.4, -0.2) is 41.7 Å². The average Bonchev–Trinajstić information content (AvgIpc) is 3.17. The number of carboxylic acids is 1. The van der Waals surface area contributed by atoms with Gasteiger partial charge in [-0.15, -0.1) is 0 Å². The number of aliphatic carboxylic acids is 1. The van der Waals surface area contributed by atoms with Gasteiger partial charge in [-0.2, -0.15) is 0 Å². The standard InChI is InChI=1S/C27H20O9/c1-33-20-8-6-14(10-18(20)28)11-22-26(32)16-7-9-21-25(27(16)36-22)17(12-24(31)35-21)15-4-2-3-5-19(15)34-13-23(29)30/h2-11,17,28H,12-13H2,1H3,(H,29,30)/b22-11-/t17-/m1/s1. The van der Waals surface area contributed by atoms with E-state index in [4.69, 9.17) is 24.1 Å². The lowest BCUT2D eigenvalue weighted by Gasteiger charge is -2.27. The number of phenolic OH excluding ortho intramolecular Hbond substituents is 1. The van der Waals surface area contributed by atoms with Gasteiger partial charge in [0.05, 0.1) is 19.1 Å². The highest BCUT2D eigenvalue weighted by Crippen LogP contribution is 2.50. The Morgan fingerprint density at radius 1 is 1.08 bits per heavy atom. The van der Waals surface area contributed by atoms with Crippen LogP contribution in [0.3, 0.4) is 0 Å². The maximum Gasteiger partial charge on any atom is 0.341 e. The molecule has 0 fully saturated rings. The van der Waals surface area contributed by atoms with Crippen LogP contribution in [0.4, 0.5) is 0 Å². The van der Waals surface area contributed by atoms with Crippen LogP contribution in [-0.2, 0) is 9.59 Å². The third kappa shape index (κ3) is 4.11. The van der Waals surface area contributed by atoms with Crippen molar-refractivity contribution < 1.29 is 43.5 Å². The Morgan fingerprint density at radius 2 is 1.89 bits per heavy atom. The fourth-order valence-electron chi connectivity index (χ4n) is 4.36. The van der Waals surface area contributed by atoms with E-state index >= 15 is 0 Å². The first-order valence-corrected chi connectivity index (χ1v) is 11.0. The molecule has 5 rings (SSSR count). The van der Waals surface area contributed by atoms with Crippen molar-refractivity contribution in [3.05, 3.63) is 82.6 Å². The third-order valence-electron chi connectivity index (χ3n) is 5.93. The number of phenols is 1. The zero-order valence-electron chi connectivity index (χ0n) is 19.0. The lowest BCUT2D eigenvalue weighted by Crippen LogP contribution is -2.22. The SMILES string of the molecule is COc1ccc(/C=C2\Oc3c(ccc4c3[C@@H](c3ccccc3OCC(=O)O)CC(=O)O4)C2=O)cc1O. The van der Waals surface area contributed by atoms with Gasteiger partial charge in [-0.25, -0.2) is 4.79 Å². The van der Waals surface area contributed by atoms with E-state index < -0.39 is 24.5 Å². The number of esters is 1. The van der Waals surface area contributed by atoms with Crippen molar-refractivity contribution in [2.24, 2.45) is 0 Å². The lowest BCUT2D eigenvalue weighted by atomic mass is 9.84. The van der Waals surface area contributed by atoms with Crippen LogP contribution in [0.5, 0.6) is 28.7 Å². The van der Waals surface area contributed by atoms with Crippen LogP contribution < -0.4 is 18.9 Å². The molecule has 3 aromatic carbocycles. The molecule has 9 heteroatoms. The summed E-state index contributed by atoms with van der Waals surface area (Å²) in [6, 6.07) is 14.6. The molecule has 9 nitrogen and oxygen atoms in total. The Bertz CT molecular complexity index is 1440. The van der Waals surface area contributed by atoms with Gasteiger partial charge in [0, 0.05) is 17.0 Å². The number of Topliss-reactive ketones (excluding diaryl/α,β-unsaturated/α-hetero) is 1. The Labute approximate surface area is 205 Å². The summed E-state index contributed by atoms with van der Waals surface area (Å²) in [5.41, 5.74) is 1.88. The molecular formula is C27H20O9. The number of fused-ring (bicyclic) bond motifs is 3. The number of ketones is 1. The predicted octanol–water partition coefficient (Wildman–Crippen LogP) is 3.92. The number of benzene rings is 3. The Morgan fingerprint density at radius 3 is 2.64 bits per heavy atom. The van der Waals surface area contributed by atoms with Gasteiger partial charge in [-0.05, 0) is 42.0 Å². The first-order valence-electron chi connectivity index (χ1n) is 11.0. The molecule has 0 saturated heterocycles. The zero-order valence-corrected chi connectivity index (χ0v) is 19.0. The number of carbonyl (C=O) groups excluding carboxylic acids is 2. The summed E-state index contributed by atoms with van der Waals surface area (Å²) in [7, 11) is 1.44. The number of rotatable bonds is 6. The first-order chi connectivity index (χ1) is 17.4. The fourth-order valence-corrected chi connectivity index (χ4v) is 4.36. The van der Waals surface area contributed by atoms with E-state index in [9.17, 15) is 19.5 Å². The van der Waals surface area contributed by atoms with E-state index in [2.05, 4.69) is 0 Å². The maximum absolute atomic E-state index is 13.2. The summed E-state index contributed by atoms with van der Waals surface area (Å²) in [6.45, 7) is -0.551. The maximum atomic E-state index is 13.2. The number of carboxylic acid groups (broad SMARTS) is 1. The van der Waals surface area contributed by atoms with Gasteiger partial charge in [-0.1, -0.05) is 24.3 Å². The second-order valence-corrected chi connectivity index (χ2v) is 8.18. The van der Waals surface area contributed by atoms with Crippen LogP contribution in [0.1, 0.15) is 39.4 Å². The van der Waals surface area contributed by atoms with E-state index in [-0.39, 0.29) is 35.2 Å². The number of aromatic hydroxyl groups is 1. The molecule has 0 saturated carbocycles. The largest absolute Gasteiger partial charge is 0.504 e. The highest BCUT2D eigenvalue weighted by Gasteiger charge is 2.39. The summed E-state index contributed by atoms with van der Waals surface area (Å²) in [4.78, 5) is 36.7. The van der Waals surface area contributed by atoms with Gasteiger partial charge in [0.15, 0.2) is 23.9 Å². The van der Waals surface area contributed by atoms with Crippen LogP contribution in [0.15, 0.2) is 60.4 Å². The Kier molecular flexibility index (Phi) is 5.81. The molecule has 0 aliphatic carbocycles. The van der Waals surface area contributed by atoms with E-state index in [0.717, 1.165) is 0 Å². The molecule has 0 unspecified atom stereocenters. The van der Waals surface area contributed by atoms with Crippen molar-refractivity contribution >= 4 is 23.8 Å². The van der Waals surface area contributed by atoms with E-state index in [1.807, 2.05) is 0 Å². The van der Waals surface area contributed by atoms with Crippen molar-refractivity contribution in [3.8, 4) is 28.7 Å². The van der Waals surface area contributed by atoms with Crippen LogP contribution in [0, 0.1) is 0 Å². The normalized spacial score (nSPS) is 17.1. The van der Waals surface area contributed by atoms with Crippen molar-refractivity contribution in [2.45, 2.75) is 12.3 Å². The number of hydrogen-bond acceptors (Lipinski definition) is 8. The molecular weight excluding hydrogens is 468 g/mol. The predicted molar refractivity (Wildman–Crippen MR) is 126 cm³/mol. The minimum atomic E-state index is -1.14. The lowest BCUT2D eigenvalue weighted by molar-refractivity contribution is -0.139. The van der Waals surface area contributed by atoms with Crippen LogP contribution >= 0.6 is 0 Å². The topological polar surface area (TPSA) is 129 Å². The molecule has 2 heterocycles. The molecule has 2 aliphatic heterocycles. The number of ether oxygens (including phenoxy) is 4. The van der Waals surface area contributed by atoms with Gasteiger partial charge in [0.2, 0.25) is 5.78 Å². The smallest absolute Gasteiger partial charge is 0.341 e. The number of para-hydroxylation sites is 1. The average molecular weight is 488 g/mol. The minimum Gasteiger partial charge on any atom is -0.504 e. The van der Waals surface area contributed by atoms with Gasteiger partial charge < -0.3 is 29.2 Å². The van der Waals surface area contributed by atoms with E-state index in [0.29, 0.717) is 33.8 Å². The number of hydrogen-bond donors (Lipinski definition) is 2. The minimum absolute atomic E-state index is 0.0361. The van der Waals surface area contributed by atoms with Gasteiger partial charge in [0.1, 0.15) is 17.2 Å². The molecule has 36 heavy (non-hydrogen) atoms. The molecule has 0 spiro atoms. The van der Waals surface area contributed by atoms with Crippen molar-refractivity contribution in [1.82, 2.24) is 0 Å². The molecule has 0 radical (unpaired) electrons. The van der Waals surface area contributed by atoms with Crippen LogP contribution in [0.2, 0.25) is 0 Å². The molecule has 2 aliphatic rings. The summed E-state index contributed by atoms with van der Waals surface area (Å²) >= 11 is 0. The Hall–Kier alpha value is -4.79.